The van der Waals surface area contributed by atoms with E-state index in [9.17, 15) is 13.2 Å². The molecule has 0 spiro atoms. The highest BCUT2D eigenvalue weighted by molar-refractivity contribution is 7.89. The van der Waals surface area contributed by atoms with Gasteiger partial charge in [0.2, 0.25) is 10.0 Å². The second-order valence-corrected chi connectivity index (χ2v) is 8.98. The summed E-state index contributed by atoms with van der Waals surface area (Å²) >= 11 is 1.58. The van der Waals surface area contributed by atoms with E-state index in [1.165, 1.54) is 12.1 Å². The maximum absolute atomic E-state index is 12.8. The van der Waals surface area contributed by atoms with Gasteiger partial charge in [-0.15, -0.1) is 11.3 Å². The van der Waals surface area contributed by atoms with Gasteiger partial charge in [-0.1, -0.05) is 6.07 Å². The minimum Gasteiger partial charge on any atom is -0.345 e. The first-order valence-corrected chi connectivity index (χ1v) is 10.8. The fraction of sp³-hybridized carbons (Fsp3) is 0.412. The maximum Gasteiger partial charge on any atom is 0.254 e. The average Bonchev–Trinajstić information content (AvgIpc) is 3.15. The lowest BCUT2D eigenvalue weighted by molar-refractivity contribution is 0.0746. The standard InChI is InChI=1S/C17H22N4O3S2/c1-13(2)19-26(23,24)15-5-3-4-14(12-15)16(22)20-7-9-21(10-8-20)17-18-6-11-25-17/h3-6,11-13,19H,7-10H2,1-2H3. The highest BCUT2D eigenvalue weighted by atomic mass is 32.2. The molecule has 0 saturated carbocycles. The minimum atomic E-state index is -3.62. The first kappa shape index (κ1) is 18.8. The molecule has 1 aliphatic rings. The summed E-state index contributed by atoms with van der Waals surface area (Å²) in [6.07, 6.45) is 1.77. The summed E-state index contributed by atoms with van der Waals surface area (Å²) in [6.45, 7) is 6.11. The molecule has 0 unspecified atom stereocenters. The van der Waals surface area contributed by atoms with Crippen LogP contribution < -0.4 is 9.62 Å². The number of nitrogens with zero attached hydrogens (tertiary/aromatic N) is 3. The van der Waals surface area contributed by atoms with Crippen molar-refractivity contribution in [2.24, 2.45) is 0 Å². The monoisotopic (exact) mass is 394 g/mol. The Labute approximate surface area is 157 Å². The SMILES string of the molecule is CC(C)NS(=O)(=O)c1cccc(C(=O)N2CCN(c3nccs3)CC2)c1. The summed E-state index contributed by atoms with van der Waals surface area (Å²) in [5, 5.41) is 2.90. The molecule has 140 valence electrons. The molecule has 1 saturated heterocycles. The third-order valence-corrected chi connectivity index (χ3v) is 6.53. The van der Waals surface area contributed by atoms with Gasteiger partial charge in [-0.3, -0.25) is 4.79 Å². The summed E-state index contributed by atoms with van der Waals surface area (Å²) < 4.78 is 27.2. The molecule has 1 aromatic carbocycles. The van der Waals surface area contributed by atoms with Gasteiger partial charge in [0.25, 0.3) is 5.91 Å². The lowest BCUT2D eigenvalue weighted by Gasteiger charge is -2.34. The van der Waals surface area contributed by atoms with Crippen molar-refractivity contribution in [3.63, 3.8) is 0 Å². The number of thiazole rings is 1. The summed E-state index contributed by atoms with van der Waals surface area (Å²) in [5.41, 5.74) is 0.388. The molecule has 2 heterocycles. The van der Waals surface area contributed by atoms with Gasteiger partial charge in [0.15, 0.2) is 5.13 Å². The van der Waals surface area contributed by atoms with Crippen LogP contribution in [0.3, 0.4) is 0 Å². The normalized spacial score (nSPS) is 15.5. The third-order valence-electron chi connectivity index (χ3n) is 4.04. The third kappa shape index (κ3) is 4.22. The first-order chi connectivity index (χ1) is 12.4. The van der Waals surface area contributed by atoms with Crippen molar-refractivity contribution in [3.8, 4) is 0 Å². The van der Waals surface area contributed by atoms with Crippen LogP contribution in [0.2, 0.25) is 0 Å². The molecular formula is C17H22N4O3S2. The summed E-state index contributed by atoms with van der Waals surface area (Å²) in [7, 11) is -3.62. The number of amides is 1. The van der Waals surface area contributed by atoms with Gasteiger partial charge in [-0.2, -0.15) is 0 Å². The number of sulfonamides is 1. The van der Waals surface area contributed by atoms with Gasteiger partial charge < -0.3 is 9.80 Å². The molecule has 2 aromatic rings. The number of hydrogen-bond donors (Lipinski definition) is 1. The van der Waals surface area contributed by atoms with E-state index in [0.29, 0.717) is 31.7 Å². The molecule has 0 atom stereocenters. The predicted molar refractivity (Wildman–Crippen MR) is 102 cm³/mol. The summed E-state index contributed by atoms with van der Waals surface area (Å²) in [5.74, 6) is -0.148. The fourth-order valence-electron chi connectivity index (χ4n) is 2.83. The van der Waals surface area contributed by atoms with E-state index < -0.39 is 10.0 Å². The number of rotatable bonds is 5. The number of piperazine rings is 1. The van der Waals surface area contributed by atoms with Crippen LogP contribution >= 0.6 is 11.3 Å². The Morgan fingerprint density at radius 3 is 2.58 bits per heavy atom. The number of aromatic nitrogens is 1. The van der Waals surface area contributed by atoms with E-state index in [4.69, 9.17) is 0 Å². The molecule has 1 amide bonds. The summed E-state index contributed by atoms with van der Waals surface area (Å²) in [4.78, 5) is 21.1. The molecule has 0 aliphatic carbocycles. The maximum atomic E-state index is 12.8. The van der Waals surface area contributed by atoms with E-state index >= 15 is 0 Å². The second-order valence-electron chi connectivity index (χ2n) is 6.40. The largest absolute Gasteiger partial charge is 0.345 e. The molecule has 1 N–H and O–H groups in total. The van der Waals surface area contributed by atoms with Crippen molar-refractivity contribution in [1.82, 2.24) is 14.6 Å². The first-order valence-electron chi connectivity index (χ1n) is 8.43. The van der Waals surface area contributed by atoms with Gasteiger partial charge in [-0.25, -0.2) is 18.1 Å². The van der Waals surface area contributed by atoms with Crippen LogP contribution in [0.25, 0.3) is 0 Å². The van der Waals surface area contributed by atoms with Gasteiger partial charge >= 0.3 is 0 Å². The summed E-state index contributed by atoms with van der Waals surface area (Å²) in [6, 6.07) is 6.00. The van der Waals surface area contributed by atoms with Crippen molar-refractivity contribution in [2.75, 3.05) is 31.1 Å². The number of anilines is 1. The predicted octanol–water partition coefficient (Wildman–Crippen LogP) is 1.79. The van der Waals surface area contributed by atoms with Gasteiger partial charge in [-0.05, 0) is 32.0 Å². The molecule has 1 aliphatic heterocycles. The molecule has 0 bridgehead atoms. The van der Waals surface area contributed by atoms with Gasteiger partial charge in [0, 0.05) is 49.4 Å². The van der Waals surface area contributed by atoms with E-state index in [1.54, 1.807) is 48.4 Å². The van der Waals surface area contributed by atoms with Gasteiger partial charge in [0.1, 0.15) is 0 Å². The van der Waals surface area contributed by atoms with Crippen LogP contribution in [-0.4, -0.2) is 56.4 Å². The molecule has 26 heavy (non-hydrogen) atoms. The number of carbonyl (C=O) groups is 1. The van der Waals surface area contributed by atoms with Crippen molar-refractivity contribution >= 4 is 32.4 Å². The van der Waals surface area contributed by atoms with Crippen molar-refractivity contribution in [1.29, 1.82) is 0 Å². The Hall–Kier alpha value is -1.97. The zero-order chi connectivity index (χ0) is 18.7. The topological polar surface area (TPSA) is 82.6 Å². The quantitative estimate of drug-likeness (QED) is 0.836. The van der Waals surface area contributed by atoms with Crippen LogP contribution in [0, 0.1) is 0 Å². The van der Waals surface area contributed by atoms with Crippen LogP contribution in [0.4, 0.5) is 5.13 Å². The highest BCUT2D eigenvalue weighted by Gasteiger charge is 2.24. The molecule has 1 aromatic heterocycles. The van der Waals surface area contributed by atoms with Crippen molar-refractivity contribution in [2.45, 2.75) is 24.8 Å². The van der Waals surface area contributed by atoms with E-state index in [1.807, 2.05) is 5.38 Å². The van der Waals surface area contributed by atoms with Crippen molar-refractivity contribution < 1.29 is 13.2 Å². The van der Waals surface area contributed by atoms with E-state index in [-0.39, 0.29) is 16.8 Å². The minimum absolute atomic E-state index is 0.110. The number of nitrogens with one attached hydrogen (secondary N) is 1. The zero-order valence-electron chi connectivity index (χ0n) is 14.8. The lowest BCUT2D eigenvalue weighted by Crippen LogP contribution is -2.48. The average molecular weight is 395 g/mol. The molecule has 3 rings (SSSR count). The Morgan fingerprint density at radius 1 is 1.23 bits per heavy atom. The van der Waals surface area contributed by atoms with Gasteiger partial charge in [0.05, 0.1) is 4.90 Å². The number of benzene rings is 1. The van der Waals surface area contributed by atoms with Crippen LogP contribution in [0.5, 0.6) is 0 Å². The molecule has 7 nitrogen and oxygen atoms in total. The smallest absolute Gasteiger partial charge is 0.254 e. The van der Waals surface area contributed by atoms with Crippen LogP contribution in [0.15, 0.2) is 40.7 Å². The molecule has 9 heteroatoms. The molecule has 1 fully saturated rings. The lowest BCUT2D eigenvalue weighted by atomic mass is 10.2. The van der Waals surface area contributed by atoms with E-state index in [2.05, 4.69) is 14.6 Å². The Morgan fingerprint density at radius 2 is 1.96 bits per heavy atom. The number of hydrogen-bond acceptors (Lipinski definition) is 6. The molecule has 0 radical (unpaired) electrons. The van der Waals surface area contributed by atoms with Crippen LogP contribution in [0.1, 0.15) is 24.2 Å². The molecular weight excluding hydrogens is 372 g/mol. The highest BCUT2D eigenvalue weighted by Crippen LogP contribution is 2.20. The second kappa shape index (κ2) is 7.73. The Bertz CT molecular complexity index is 858. The Kier molecular flexibility index (Phi) is 5.59. The Balaban J connectivity index is 1.70. The van der Waals surface area contributed by atoms with E-state index in [0.717, 1.165) is 5.13 Å². The fourth-order valence-corrected chi connectivity index (χ4v) is 4.82. The zero-order valence-corrected chi connectivity index (χ0v) is 16.4. The van der Waals surface area contributed by atoms with Crippen molar-refractivity contribution in [3.05, 3.63) is 41.4 Å². The number of carbonyl (C=O) groups excluding carboxylic acids is 1. The van der Waals surface area contributed by atoms with Crippen LogP contribution in [-0.2, 0) is 10.0 Å².